The monoisotopic (exact) mass is 856 g/mol. The lowest BCUT2D eigenvalue weighted by atomic mass is 10.0. The van der Waals surface area contributed by atoms with Gasteiger partial charge in [-0.25, -0.2) is 0 Å². The fraction of sp³-hybridized carbons (Fsp3) is 0.304. The molecule has 0 saturated heterocycles. The summed E-state index contributed by atoms with van der Waals surface area (Å²) < 4.78 is 14.7. The SMILES string of the molecule is CCC(C)n1ccc2c(-n3c(-c4cc(C5CC5)c(O)cc4O)n[nH]c3=S)ccc(OC)c21.CCc1cc(-c2n[nH]c(=S)n2-c2cccc3c2ccn3CC2CC2)c(O)cc1O. The minimum Gasteiger partial charge on any atom is -0.508 e. The van der Waals surface area contributed by atoms with E-state index in [0.29, 0.717) is 50.7 Å². The largest absolute Gasteiger partial charge is 0.508 e. The average molecular weight is 857 g/mol. The highest BCUT2D eigenvalue weighted by Gasteiger charge is 2.29. The molecular formula is C46H48N8O5S2. The molecule has 10 rings (SSSR count). The van der Waals surface area contributed by atoms with Gasteiger partial charge in [0, 0.05) is 47.9 Å². The Morgan fingerprint density at radius 1 is 0.754 bits per heavy atom. The zero-order valence-electron chi connectivity index (χ0n) is 34.4. The molecule has 15 heteroatoms. The third kappa shape index (κ3) is 7.24. The molecule has 1 unspecified atom stereocenters. The van der Waals surface area contributed by atoms with Crippen LogP contribution < -0.4 is 4.74 Å². The first-order chi connectivity index (χ1) is 29.5. The standard InChI is InChI=1S/C24H26N4O3S.C22H22N4O2S/c1-4-13(2)27-10-9-15-18(7-8-21(31-3)22(15)27)28-23(25-26-24(28)32)17-11-16(14-5-6-14)19(29)12-20(17)30;1-2-14-10-16(20(28)11-19(14)27)21-23-24-22(29)26(21)18-5-3-4-17-15(18)8-9-25(17)12-13-6-7-13/h7-14,29-30H,4-6H2,1-3H3,(H,26,32);3-5,8-11,13,27-28H,2,6-7,12H2,1H3,(H,24,29). The second-order valence-electron chi connectivity index (χ2n) is 16.1. The molecule has 314 valence electrons. The van der Waals surface area contributed by atoms with Gasteiger partial charge in [-0.15, -0.1) is 0 Å². The van der Waals surface area contributed by atoms with E-state index in [4.69, 9.17) is 29.2 Å². The van der Waals surface area contributed by atoms with Crippen molar-refractivity contribution in [2.24, 2.45) is 5.92 Å². The fourth-order valence-corrected chi connectivity index (χ4v) is 8.74. The van der Waals surface area contributed by atoms with Crippen LogP contribution in [0.15, 0.2) is 79.1 Å². The Bertz CT molecular complexity index is 3070. The van der Waals surface area contributed by atoms with Crippen molar-refractivity contribution in [3.63, 3.8) is 0 Å². The summed E-state index contributed by atoms with van der Waals surface area (Å²) in [5.74, 6) is 3.03. The number of aromatic hydroxyl groups is 4. The molecule has 0 bridgehead atoms. The van der Waals surface area contributed by atoms with Crippen LogP contribution in [0.1, 0.15) is 76.0 Å². The molecule has 0 radical (unpaired) electrons. The summed E-state index contributed by atoms with van der Waals surface area (Å²) in [6.07, 6.45) is 10.5. The van der Waals surface area contributed by atoms with Crippen molar-refractivity contribution >= 4 is 46.2 Å². The Kier molecular flexibility index (Phi) is 10.5. The summed E-state index contributed by atoms with van der Waals surface area (Å²) in [7, 11) is 1.67. The number of nitrogens with one attached hydrogen (secondary N) is 2. The summed E-state index contributed by atoms with van der Waals surface area (Å²) in [6, 6.07) is 20.9. The zero-order valence-corrected chi connectivity index (χ0v) is 36.0. The first-order valence-corrected chi connectivity index (χ1v) is 21.5. The molecule has 2 fully saturated rings. The van der Waals surface area contributed by atoms with E-state index in [1.165, 1.54) is 25.0 Å². The Labute approximate surface area is 362 Å². The Morgan fingerprint density at radius 2 is 1.39 bits per heavy atom. The van der Waals surface area contributed by atoms with Gasteiger partial charge in [0.15, 0.2) is 21.2 Å². The Hall–Kier alpha value is -6.32. The topological polar surface area (TPSA) is 167 Å². The highest BCUT2D eigenvalue weighted by molar-refractivity contribution is 7.71. The van der Waals surface area contributed by atoms with Crippen LogP contribution in [0.2, 0.25) is 0 Å². The molecule has 1 atom stereocenters. The molecule has 4 aromatic carbocycles. The van der Waals surface area contributed by atoms with Crippen molar-refractivity contribution < 1.29 is 25.2 Å². The predicted octanol–water partition coefficient (Wildman–Crippen LogP) is 10.8. The van der Waals surface area contributed by atoms with Crippen LogP contribution >= 0.6 is 24.4 Å². The normalized spacial score (nSPS) is 14.4. The summed E-state index contributed by atoms with van der Waals surface area (Å²) in [5.41, 5.74) is 6.54. The van der Waals surface area contributed by atoms with Crippen LogP contribution in [0.25, 0.3) is 56.0 Å². The molecule has 0 aliphatic heterocycles. The lowest BCUT2D eigenvalue weighted by molar-refractivity contribution is 0.415. The third-order valence-corrected chi connectivity index (χ3v) is 12.6. The number of hydrogen-bond donors (Lipinski definition) is 6. The van der Waals surface area contributed by atoms with Gasteiger partial charge in [0.1, 0.15) is 28.7 Å². The smallest absolute Gasteiger partial charge is 0.200 e. The van der Waals surface area contributed by atoms with E-state index in [1.807, 2.05) is 46.4 Å². The van der Waals surface area contributed by atoms with Gasteiger partial charge in [-0.2, -0.15) is 10.2 Å². The first-order valence-electron chi connectivity index (χ1n) is 20.7. The van der Waals surface area contributed by atoms with Gasteiger partial charge < -0.3 is 34.3 Å². The number of methoxy groups -OCH3 is 1. The molecule has 2 aliphatic carbocycles. The second-order valence-corrected chi connectivity index (χ2v) is 16.9. The summed E-state index contributed by atoms with van der Waals surface area (Å²) in [4.78, 5) is 0. The van der Waals surface area contributed by atoms with Crippen molar-refractivity contribution in [3.05, 3.63) is 99.8 Å². The molecule has 13 nitrogen and oxygen atoms in total. The van der Waals surface area contributed by atoms with E-state index < -0.39 is 0 Å². The number of benzene rings is 4. The number of hydrogen-bond acceptors (Lipinski definition) is 9. The van der Waals surface area contributed by atoms with Gasteiger partial charge in [-0.05, 0) is 141 Å². The van der Waals surface area contributed by atoms with Crippen molar-refractivity contribution in [2.75, 3.05) is 7.11 Å². The van der Waals surface area contributed by atoms with Crippen LogP contribution in [0.4, 0.5) is 0 Å². The fourth-order valence-electron chi connectivity index (χ4n) is 8.28. The number of fused-ring (bicyclic) bond motifs is 2. The summed E-state index contributed by atoms with van der Waals surface area (Å²) >= 11 is 11.1. The number of rotatable bonds is 11. The lowest BCUT2D eigenvalue weighted by Gasteiger charge is -2.17. The van der Waals surface area contributed by atoms with Gasteiger partial charge in [-0.3, -0.25) is 19.3 Å². The van der Waals surface area contributed by atoms with Crippen LogP contribution in [0.3, 0.4) is 0 Å². The number of nitrogens with zero attached hydrogens (tertiary/aromatic N) is 6. The van der Waals surface area contributed by atoms with E-state index in [9.17, 15) is 20.4 Å². The minimum absolute atomic E-state index is 0.0339. The van der Waals surface area contributed by atoms with Crippen molar-refractivity contribution in [3.8, 4) is 62.9 Å². The Balaban J connectivity index is 0.000000157. The molecule has 2 aliphatic rings. The van der Waals surface area contributed by atoms with Gasteiger partial charge in [0.05, 0.1) is 40.6 Å². The first kappa shape index (κ1) is 40.1. The molecule has 0 amide bonds. The molecule has 4 heterocycles. The van der Waals surface area contributed by atoms with E-state index in [0.717, 1.165) is 81.8 Å². The van der Waals surface area contributed by atoms with Crippen LogP contribution in [0.5, 0.6) is 28.7 Å². The zero-order chi connectivity index (χ0) is 42.7. The van der Waals surface area contributed by atoms with E-state index >= 15 is 0 Å². The quantitative estimate of drug-likeness (QED) is 0.0694. The summed E-state index contributed by atoms with van der Waals surface area (Å²) in [5, 5.41) is 58.2. The molecule has 4 aromatic heterocycles. The second kappa shape index (κ2) is 15.9. The number of aryl methyl sites for hydroxylation is 1. The Morgan fingerprint density at radius 3 is 2.02 bits per heavy atom. The molecule has 61 heavy (non-hydrogen) atoms. The number of phenolic OH excluding ortho intramolecular Hbond substituents is 4. The van der Waals surface area contributed by atoms with Crippen molar-refractivity contribution in [1.29, 1.82) is 0 Å². The number of aromatic amines is 2. The van der Waals surface area contributed by atoms with Gasteiger partial charge in [-0.1, -0.05) is 19.9 Å². The van der Waals surface area contributed by atoms with E-state index in [2.05, 4.69) is 74.0 Å². The minimum atomic E-state index is -0.0379. The van der Waals surface area contributed by atoms with Crippen LogP contribution in [0, 0.1) is 15.5 Å². The van der Waals surface area contributed by atoms with Crippen molar-refractivity contribution in [2.45, 2.75) is 77.8 Å². The number of ether oxygens (including phenoxy) is 1. The average Bonchev–Trinajstić information content (AvgIpc) is 4.09. The molecule has 2 saturated carbocycles. The van der Waals surface area contributed by atoms with Gasteiger partial charge >= 0.3 is 0 Å². The number of H-pyrrole nitrogens is 2. The summed E-state index contributed by atoms with van der Waals surface area (Å²) in [6.45, 7) is 7.32. The maximum Gasteiger partial charge on any atom is 0.200 e. The van der Waals surface area contributed by atoms with Gasteiger partial charge in [0.2, 0.25) is 0 Å². The lowest BCUT2D eigenvalue weighted by Crippen LogP contribution is -2.04. The van der Waals surface area contributed by atoms with Crippen LogP contribution in [-0.2, 0) is 13.0 Å². The molecule has 8 aromatic rings. The maximum absolute atomic E-state index is 10.7. The number of phenols is 4. The van der Waals surface area contributed by atoms with Crippen LogP contribution in [-0.4, -0.2) is 66.2 Å². The highest BCUT2D eigenvalue weighted by Crippen LogP contribution is 2.48. The molecule has 0 spiro atoms. The van der Waals surface area contributed by atoms with E-state index in [-0.39, 0.29) is 23.0 Å². The molecular weight excluding hydrogens is 809 g/mol. The van der Waals surface area contributed by atoms with E-state index in [1.54, 1.807) is 13.2 Å². The van der Waals surface area contributed by atoms with Gasteiger partial charge in [0.25, 0.3) is 0 Å². The maximum atomic E-state index is 10.7. The predicted molar refractivity (Wildman–Crippen MR) is 242 cm³/mol. The third-order valence-electron chi connectivity index (χ3n) is 12.1. The van der Waals surface area contributed by atoms with Crippen molar-refractivity contribution in [1.82, 2.24) is 38.7 Å². The highest BCUT2D eigenvalue weighted by atomic mass is 32.1. The molecule has 6 N–H and O–H groups in total. The number of aromatic nitrogens is 8.